The second-order valence-electron chi connectivity index (χ2n) is 2.67. The number of halogens is 1. The molecule has 14 heavy (non-hydrogen) atoms. The van der Waals surface area contributed by atoms with Crippen LogP contribution in [0, 0.1) is 17.1 Å². The number of hydrogen-bond donors (Lipinski definition) is 2. The summed E-state index contributed by atoms with van der Waals surface area (Å²) in [6, 6.07) is 3.77. The summed E-state index contributed by atoms with van der Waals surface area (Å²) in [6.45, 7) is 0. The van der Waals surface area contributed by atoms with Crippen LogP contribution in [-0.2, 0) is 4.79 Å². The molecule has 0 amide bonds. The molecular formula is C9H7FN2O2. The van der Waals surface area contributed by atoms with E-state index in [1.165, 1.54) is 6.07 Å². The van der Waals surface area contributed by atoms with Crippen molar-refractivity contribution < 1.29 is 14.3 Å². The van der Waals surface area contributed by atoms with E-state index in [0.29, 0.717) is 0 Å². The third kappa shape index (κ3) is 1.87. The molecule has 1 atom stereocenters. The fourth-order valence-corrected chi connectivity index (χ4v) is 0.965. The minimum atomic E-state index is -1.23. The van der Waals surface area contributed by atoms with Crippen molar-refractivity contribution in [2.24, 2.45) is 5.73 Å². The quantitative estimate of drug-likeness (QED) is 0.728. The minimum Gasteiger partial charge on any atom is -0.480 e. The lowest BCUT2D eigenvalue weighted by Crippen LogP contribution is -2.20. The molecule has 1 aromatic carbocycles. The van der Waals surface area contributed by atoms with Crippen LogP contribution in [-0.4, -0.2) is 11.1 Å². The minimum absolute atomic E-state index is 0.204. The zero-order chi connectivity index (χ0) is 10.7. The van der Waals surface area contributed by atoms with Gasteiger partial charge in [-0.3, -0.25) is 4.79 Å². The van der Waals surface area contributed by atoms with Gasteiger partial charge in [0, 0.05) is 0 Å². The lowest BCUT2D eigenvalue weighted by Gasteiger charge is -2.06. The number of carbonyl (C=O) groups is 1. The summed E-state index contributed by atoms with van der Waals surface area (Å²) >= 11 is 0. The smallest absolute Gasteiger partial charge is 0.325 e. The van der Waals surface area contributed by atoms with E-state index in [-0.39, 0.29) is 11.1 Å². The molecule has 5 heteroatoms. The van der Waals surface area contributed by atoms with Gasteiger partial charge in [-0.2, -0.15) is 5.26 Å². The maximum atomic E-state index is 12.8. The lowest BCUT2D eigenvalue weighted by molar-refractivity contribution is -0.138. The maximum Gasteiger partial charge on any atom is 0.325 e. The summed E-state index contributed by atoms with van der Waals surface area (Å²) in [4.78, 5) is 10.5. The predicted molar refractivity (Wildman–Crippen MR) is 45.7 cm³/mol. The van der Waals surface area contributed by atoms with Gasteiger partial charge in [0.25, 0.3) is 0 Å². The van der Waals surface area contributed by atoms with Crippen LogP contribution in [0.15, 0.2) is 18.2 Å². The van der Waals surface area contributed by atoms with E-state index in [9.17, 15) is 9.18 Å². The van der Waals surface area contributed by atoms with Gasteiger partial charge in [0.15, 0.2) is 0 Å². The second-order valence-corrected chi connectivity index (χ2v) is 2.67. The Hall–Kier alpha value is -1.93. The molecule has 0 spiro atoms. The SMILES string of the molecule is N#Cc1cc(C(N)C(=O)O)ccc1F. The lowest BCUT2D eigenvalue weighted by atomic mass is 10.0. The fraction of sp³-hybridized carbons (Fsp3) is 0.111. The molecule has 4 nitrogen and oxygen atoms in total. The number of aliphatic carboxylic acids is 1. The maximum absolute atomic E-state index is 12.8. The third-order valence-electron chi connectivity index (χ3n) is 1.74. The largest absolute Gasteiger partial charge is 0.480 e. The van der Waals surface area contributed by atoms with Gasteiger partial charge in [0.05, 0.1) is 5.56 Å². The first kappa shape index (κ1) is 10.2. The zero-order valence-corrected chi connectivity index (χ0v) is 7.07. The van der Waals surface area contributed by atoms with E-state index in [0.717, 1.165) is 12.1 Å². The Morgan fingerprint density at radius 2 is 2.29 bits per heavy atom. The summed E-state index contributed by atoms with van der Waals surface area (Å²) in [5.41, 5.74) is 5.28. The number of rotatable bonds is 2. The number of nitrogens with two attached hydrogens (primary N) is 1. The summed E-state index contributed by atoms with van der Waals surface area (Å²) in [5.74, 6) is -1.91. The Morgan fingerprint density at radius 1 is 1.64 bits per heavy atom. The summed E-state index contributed by atoms with van der Waals surface area (Å²) in [5, 5.41) is 17.1. The Labute approximate surface area is 79.4 Å². The molecule has 0 saturated carbocycles. The molecule has 1 unspecified atom stereocenters. The van der Waals surface area contributed by atoms with E-state index < -0.39 is 17.8 Å². The van der Waals surface area contributed by atoms with Crippen molar-refractivity contribution in [1.82, 2.24) is 0 Å². The molecule has 0 radical (unpaired) electrons. The second kappa shape index (κ2) is 3.85. The van der Waals surface area contributed by atoms with Gasteiger partial charge in [0.2, 0.25) is 0 Å². The Balaban J connectivity index is 3.14. The van der Waals surface area contributed by atoms with Crippen molar-refractivity contribution in [1.29, 1.82) is 5.26 Å². The highest BCUT2D eigenvalue weighted by molar-refractivity contribution is 5.75. The van der Waals surface area contributed by atoms with Gasteiger partial charge in [-0.05, 0) is 17.7 Å². The van der Waals surface area contributed by atoms with Gasteiger partial charge in [-0.15, -0.1) is 0 Å². The Kier molecular flexibility index (Phi) is 2.79. The first-order valence-corrected chi connectivity index (χ1v) is 3.74. The fourth-order valence-electron chi connectivity index (χ4n) is 0.965. The number of nitrogens with zero attached hydrogens (tertiary/aromatic N) is 1. The molecule has 0 fully saturated rings. The zero-order valence-electron chi connectivity index (χ0n) is 7.07. The molecule has 1 rings (SSSR count). The topological polar surface area (TPSA) is 87.1 Å². The van der Waals surface area contributed by atoms with Gasteiger partial charge in [-0.25, -0.2) is 4.39 Å². The number of hydrogen-bond acceptors (Lipinski definition) is 3. The highest BCUT2D eigenvalue weighted by Gasteiger charge is 2.15. The standard InChI is InChI=1S/C9H7FN2O2/c10-7-2-1-5(3-6(7)4-11)8(12)9(13)14/h1-3,8H,12H2,(H,13,14). The van der Waals surface area contributed by atoms with Crippen molar-refractivity contribution in [3.05, 3.63) is 35.1 Å². The monoisotopic (exact) mass is 194 g/mol. The molecule has 1 aromatic rings. The molecule has 0 aliphatic rings. The van der Waals surface area contributed by atoms with E-state index in [4.69, 9.17) is 16.1 Å². The average molecular weight is 194 g/mol. The summed E-state index contributed by atoms with van der Waals surface area (Å²) in [6.07, 6.45) is 0. The third-order valence-corrected chi connectivity index (χ3v) is 1.74. The van der Waals surface area contributed by atoms with Gasteiger partial charge < -0.3 is 10.8 Å². The number of benzene rings is 1. The average Bonchev–Trinajstić information content (AvgIpc) is 2.17. The first-order valence-electron chi connectivity index (χ1n) is 3.74. The highest BCUT2D eigenvalue weighted by Crippen LogP contribution is 2.15. The number of nitriles is 1. The molecule has 0 aliphatic carbocycles. The normalized spacial score (nSPS) is 11.8. The van der Waals surface area contributed by atoms with Crippen LogP contribution in [0.1, 0.15) is 17.2 Å². The van der Waals surface area contributed by atoms with Gasteiger partial charge >= 0.3 is 5.97 Å². The molecule has 0 aromatic heterocycles. The van der Waals surface area contributed by atoms with Crippen molar-refractivity contribution in [3.63, 3.8) is 0 Å². The Morgan fingerprint density at radius 3 is 2.79 bits per heavy atom. The molecule has 0 heterocycles. The van der Waals surface area contributed by atoms with Crippen molar-refractivity contribution >= 4 is 5.97 Å². The Bertz CT molecular complexity index is 412. The molecule has 0 aliphatic heterocycles. The first-order chi connectivity index (χ1) is 6.56. The predicted octanol–water partition coefficient (Wildman–Crippen LogP) is 0.782. The summed E-state index contributed by atoms with van der Waals surface area (Å²) in [7, 11) is 0. The van der Waals surface area contributed by atoms with Crippen molar-refractivity contribution in [2.75, 3.05) is 0 Å². The molecule has 0 bridgehead atoms. The molecule has 72 valence electrons. The van der Waals surface area contributed by atoms with E-state index >= 15 is 0 Å². The van der Waals surface area contributed by atoms with Gasteiger partial charge in [-0.1, -0.05) is 6.07 Å². The van der Waals surface area contributed by atoms with Crippen LogP contribution in [0.3, 0.4) is 0 Å². The highest BCUT2D eigenvalue weighted by atomic mass is 19.1. The van der Waals surface area contributed by atoms with Crippen LogP contribution in [0.2, 0.25) is 0 Å². The van der Waals surface area contributed by atoms with Crippen LogP contribution in [0.25, 0.3) is 0 Å². The van der Waals surface area contributed by atoms with E-state index in [2.05, 4.69) is 0 Å². The van der Waals surface area contributed by atoms with Crippen molar-refractivity contribution in [2.45, 2.75) is 6.04 Å². The van der Waals surface area contributed by atoms with E-state index in [1.54, 1.807) is 6.07 Å². The van der Waals surface area contributed by atoms with Crippen molar-refractivity contribution in [3.8, 4) is 6.07 Å². The van der Waals surface area contributed by atoms with Crippen LogP contribution >= 0.6 is 0 Å². The van der Waals surface area contributed by atoms with E-state index in [1.807, 2.05) is 0 Å². The molecule has 3 N–H and O–H groups in total. The van der Waals surface area contributed by atoms with Crippen LogP contribution in [0.4, 0.5) is 4.39 Å². The molecular weight excluding hydrogens is 187 g/mol. The van der Waals surface area contributed by atoms with Crippen LogP contribution in [0.5, 0.6) is 0 Å². The molecule has 0 saturated heterocycles. The summed E-state index contributed by atoms with van der Waals surface area (Å²) < 4.78 is 12.8. The number of carboxylic acids is 1. The number of carboxylic acid groups (broad SMARTS) is 1. The van der Waals surface area contributed by atoms with Gasteiger partial charge in [0.1, 0.15) is 17.9 Å². The van der Waals surface area contributed by atoms with Crippen LogP contribution < -0.4 is 5.73 Å².